The third kappa shape index (κ3) is 3.61. The van der Waals surface area contributed by atoms with Crippen LogP contribution >= 0.6 is 11.3 Å². The molecule has 0 aliphatic heterocycles. The minimum Gasteiger partial charge on any atom is -0.314 e. The number of hydrogen-bond donors (Lipinski definition) is 1. The van der Waals surface area contributed by atoms with E-state index in [1.165, 1.54) is 5.01 Å². The first-order valence-corrected chi connectivity index (χ1v) is 6.73. The molecule has 0 amide bonds. The molecule has 0 spiro atoms. The van der Waals surface area contributed by atoms with E-state index in [1.807, 2.05) is 18.2 Å². The predicted octanol–water partition coefficient (Wildman–Crippen LogP) is 2.75. The van der Waals surface area contributed by atoms with Crippen LogP contribution in [0, 0.1) is 0 Å². The molecule has 4 heteroatoms. The van der Waals surface area contributed by atoms with E-state index < -0.39 is 0 Å². The highest BCUT2D eigenvalue weighted by Gasteiger charge is 2.05. The number of thiazole rings is 1. The second-order valence-corrected chi connectivity index (χ2v) is 5.14. The van der Waals surface area contributed by atoms with Crippen LogP contribution in [0.15, 0.2) is 29.8 Å². The first-order valence-electron chi connectivity index (χ1n) is 5.85. The maximum absolute atomic E-state index is 4.59. The highest BCUT2D eigenvalue weighted by atomic mass is 32.1. The Morgan fingerprint density at radius 2 is 2.18 bits per heavy atom. The Hall–Kier alpha value is -1.26. The highest BCUT2D eigenvalue weighted by molar-refractivity contribution is 7.09. The van der Waals surface area contributed by atoms with E-state index in [9.17, 15) is 0 Å². The third-order valence-electron chi connectivity index (χ3n) is 2.37. The molecule has 1 N–H and O–H groups in total. The van der Waals surface area contributed by atoms with Crippen LogP contribution in [0.25, 0.3) is 11.4 Å². The number of nitrogens with one attached hydrogen (secondary N) is 1. The van der Waals surface area contributed by atoms with Gasteiger partial charge in [0.05, 0.1) is 16.4 Å². The monoisotopic (exact) mass is 247 g/mol. The van der Waals surface area contributed by atoms with Crippen molar-refractivity contribution in [3.05, 3.63) is 34.8 Å². The van der Waals surface area contributed by atoms with E-state index >= 15 is 0 Å². The standard InChI is InChI=1S/C13H17N3S/c1-10(2)14-8-6-13-16-12(9-17-13)11-5-3-4-7-15-11/h3-5,7,9-10,14H,6,8H2,1-2H3. The van der Waals surface area contributed by atoms with Crippen molar-refractivity contribution in [3.63, 3.8) is 0 Å². The summed E-state index contributed by atoms with van der Waals surface area (Å²) in [5.41, 5.74) is 1.93. The van der Waals surface area contributed by atoms with Crippen LogP contribution in [-0.4, -0.2) is 22.6 Å². The summed E-state index contributed by atoms with van der Waals surface area (Å²) >= 11 is 1.70. The molecular weight excluding hydrogens is 230 g/mol. The molecule has 2 rings (SSSR count). The first-order chi connectivity index (χ1) is 8.25. The topological polar surface area (TPSA) is 37.8 Å². The van der Waals surface area contributed by atoms with Crippen LogP contribution in [-0.2, 0) is 6.42 Å². The number of pyridine rings is 1. The lowest BCUT2D eigenvalue weighted by Crippen LogP contribution is -2.24. The van der Waals surface area contributed by atoms with Gasteiger partial charge in [0.2, 0.25) is 0 Å². The van der Waals surface area contributed by atoms with Gasteiger partial charge in [-0.15, -0.1) is 11.3 Å². The van der Waals surface area contributed by atoms with E-state index in [-0.39, 0.29) is 0 Å². The van der Waals surface area contributed by atoms with Crippen molar-refractivity contribution in [2.75, 3.05) is 6.54 Å². The van der Waals surface area contributed by atoms with E-state index in [0.29, 0.717) is 6.04 Å². The Balaban J connectivity index is 1.97. The van der Waals surface area contributed by atoms with Crippen molar-refractivity contribution < 1.29 is 0 Å². The normalized spacial score (nSPS) is 11.0. The van der Waals surface area contributed by atoms with Crippen molar-refractivity contribution in [1.29, 1.82) is 0 Å². The lowest BCUT2D eigenvalue weighted by molar-refractivity contribution is 0.590. The Labute approximate surface area is 106 Å². The summed E-state index contributed by atoms with van der Waals surface area (Å²) in [6.45, 7) is 5.29. The number of aromatic nitrogens is 2. The number of rotatable bonds is 5. The van der Waals surface area contributed by atoms with Crippen molar-refractivity contribution in [2.45, 2.75) is 26.3 Å². The zero-order valence-electron chi connectivity index (χ0n) is 10.2. The zero-order valence-corrected chi connectivity index (χ0v) is 11.0. The van der Waals surface area contributed by atoms with Crippen LogP contribution in [0.2, 0.25) is 0 Å². The van der Waals surface area contributed by atoms with Crippen LogP contribution in [0.5, 0.6) is 0 Å². The van der Waals surface area contributed by atoms with Crippen molar-refractivity contribution >= 4 is 11.3 Å². The first kappa shape index (κ1) is 12.2. The maximum Gasteiger partial charge on any atom is 0.0998 e. The molecule has 90 valence electrons. The van der Waals surface area contributed by atoms with Gasteiger partial charge >= 0.3 is 0 Å². The average molecular weight is 247 g/mol. The fraction of sp³-hybridized carbons (Fsp3) is 0.385. The van der Waals surface area contributed by atoms with Gasteiger partial charge in [0, 0.05) is 30.6 Å². The molecule has 0 aliphatic carbocycles. The quantitative estimate of drug-likeness (QED) is 0.883. The van der Waals surface area contributed by atoms with Gasteiger partial charge in [-0.1, -0.05) is 19.9 Å². The molecule has 0 saturated carbocycles. The Morgan fingerprint density at radius 3 is 2.88 bits per heavy atom. The second kappa shape index (κ2) is 5.89. The van der Waals surface area contributed by atoms with Gasteiger partial charge in [0.15, 0.2) is 0 Å². The molecule has 0 aromatic carbocycles. The fourth-order valence-electron chi connectivity index (χ4n) is 1.53. The Bertz CT molecular complexity index is 451. The van der Waals surface area contributed by atoms with Gasteiger partial charge < -0.3 is 5.32 Å². The summed E-state index contributed by atoms with van der Waals surface area (Å²) in [4.78, 5) is 8.89. The molecule has 0 atom stereocenters. The smallest absolute Gasteiger partial charge is 0.0998 e. The summed E-state index contributed by atoms with van der Waals surface area (Å²) in [5, 5.41) is 6.64. The van der Waals surface area contributed by atoms with Crippen LogP contribution in [0.3, 0.4) is 0 Å². The van der Waals surface area contributed by atoms with Gasteiger partial charge in [-0.2, -0.15) is 0 Å². The van der Waals surface area contributed by atoms with Crippen LogP contribution in [0.4, 0.5) is 0 Å². The number of nitrogens with zero attached hydrogens (tertiary/aromatic N) is 2. The van der Waals surface area contributed by atoms with Gasteiger partial charge in [-0.25, -0.2) is 4.98 Å². The number of hydrogen-bond acceptors (Lipinski definition) is 4. The second-order valence-electron chi connectivity index (χ2n) is 4.20. The summed E-state index contributed by atoms with van der Waals surface area (Å²) in [6, 6.07) is 6.43. The minimum absolute atomic E-state index is 0.533. The van der Waals surface area contributed by atoms with Gasteiger partial charge in [-0.05, 0) is 12.1 Å². The molecule has 2 heterocycles. The average Bonchev–Trinajstić information content (AvgIpc) is 2.78. The molecule has 0 radical (unpaired) electrons. The highest BCUT2D eigenvalue weighted by Crippen LogP contribution is 2.19. The predicted molar refractivity (Wildman–Crippen MR) is 72.2 cm³/mol. The minimum atomic E-state index is 0.533. The van der Waals surface area contributed by atoms with Crippen molar-refractivity contribution in [2.24, 2.45) is 0 Å². The zero-order chi connectivity index (χ0) is 12.1. The molecule has 0 fully saturated rings. The van der Waals surface area contributed by atoms with Crippen LogP contribution < -0.4 is 5.32 Å². The Morgan fingerprint density at radius 1 is 1.29 bits per heavy atom. The molecule has 0 bridgehead atoms. The van der Waals surface area contributed by atoms with E-state index in [0.717, 1.165) is 24.4 Å². The van der Waals surface area contributed by atoms with Crippen molar-refractivity contribution in [3.8, 4) is 11.4 Å². The SMILES string of the molecule is CC(C)NCCc1nc(-c2ccccn2)cs1. The summed E-state index contributed by atoms with van der Waals surface area (Å²) in [5.74, 6) is 0. The summed E-state index contributed by atoms with van der Waals surface area (Å²) < 4.78 is 0. The fourth-order valence-corrected chi connectivity index (χ4v) is 2.32. The van der Waals surface area contributed by atoms with Gasteiger partial charge in [0.1, 0.15) is 0 Å². The van der Waals surface area contributed by atoms with E-state index in [1.54, 1.807) is 17.5 Å². The molecule has 0 saturated heterocycles. The molecule has 2 aromatic rings. The third-order valence-corrected chi connectivity index (χ3v) is 3.28. The summed E-state index contributed by atoms with van der Waals surface area (Å²) in [7, 11) is 0. The van der Waals surface area contributed by atoms with E-state index in [2.05, 4.69) is 34.5 Å². The van der Waals surface area contributed by atoms with Gasteiger partial charge in [0.25, 0.3) is 0 Å². The molecular formula is C13H17N3S. The molecule has 3 nitrogen and oxygen atoms in total. The molecule has 17 heavy (non-hydrogen) atoms. The van der Waals surface area contributed by atoms with Crippen molar-refractivity contribution in [1.82, 2.24) is 15.3 Å². The van der Waals surface area contributed by atoms with Gasteiger partial charge in [-0.3, -0.25) is 4.98 Å². The van der Waals surface area contributed by atoms with Crippen LogP contribution in [0.1, 0.15) is 18.9 Å². The lowest BCUT2D eigenvalue weighted by atomic mass is 10.3. The largest absolute Gasteiger partial charge is 0.314 e. The summed E-state index contributed by atoms with van der Waals surface area (Å²) in [6.07, 6.45) is 2.78. The molecule has 2 aromatic heterocycles. The van der Waals surface area contributed by atoms with E-state index in [4.69, 9.17) is 0 Å². The lowest BCUT2D eigenvalue weighted by Gasteiger charge is -2.05. The molecule has 0 unspecified atom stereocenters. The maximum atomic E-state index is 4.59. The molecule has 0 aliphatic rings. The Kier molecular flexibility index (Phi) is 4.23.